The molecule has 1 aromatic heterocycles. The van der Waals surface area contributed by atoms with Crippen molar-refractivity contribution in [1.82, 2.24) is 20.2 Å². The van der Waals surface area contributed by atoms with E-state index in [4.69, 9.17) is 26.1 Å². The molecule has 7 heteroatoms. The van der Waals surface area contributed by atoms with E-state index in [1.165, 1.54) is 5.56 Å². The maximum absolute atomic E-state index is 5.37. The largest absolute Gasteiger partial charge is 0.386 e. The molecule has 6 nitrogen and oxygen atoms in total. The van der Waals surface area contributed by atoms with Gasteiger partial charge in [-0.15, -0.1) is 0 Å². The van der Waals surface area contributed by atoms with Crippen LogP contribution >= 0.6 is 11.9 Å². The van der Waals surface area contributed by atoms with E-state index in [-0.39, 0.29) is 0 Å². The summed E-state index contributed by atoms with van der Waals surface area (Å²) in [5.41, 5.74) is 2.13. The monoisotopic (exact) mass is 399 g/mol. The van der Waals surface area contributed by atoms with Crippen LogP contribution in [0.4, 0.5) is 5.82 Å². The van der Waals surface area contributed by atoms with Crippen LogP contribution in [0.1, 0.15) is 17.8 Å². The summed E-state index contributed by atoms with van der Waals surface area (Å²) in [6.45, 7) is 3.28. The molecule has 0 saturated carbocycles. The third-order valence-electron chi connectivity index (χ3n) is 4.42. The predicted molar refractivity (Wildman–Crippen MR) is 115 cm³/mol. The molecule has 3 rings (SSSR count). The number of halogens is 1. The van der Waals surface area contributed by atoms with Gasteiger partial charge in [-0.05, 0) is 56.9 Å². The Labute approximate surface area is 171 Å². The lowest BCUT2D eigenvalue weighted by Crippen LogP contribution is -2.20. The van der Waals surface area contributed by atoms with Crippen molar-refractivity contribution in [2.45, 2.75) is 19.5 Å². The molecule has 28 heavy (non-hydrogen) atoms. The second-order valence-electron chi connectivity index (χ2n) is 6.78. The number of anilines is 1. The topological polar surface area (TPSA) is 62.3 Å². The minimum absolute atomic E-state index is 0.639. The molecule has 0 bridgehead atoms. The number of rotatable bonds is 10. The summed E-state index contributed by atoms with van der Waals surface area (Å²) in [4.78, 5) is 11.7. The van der Waals surface area contributed by atoms with Gasteiger partial charge in [0.25, 0.3) is 0 Å². The highest BCUT2D eigenvalue weighted by Crippen LogP contribution is 2.21. The maximum atomic E-state index is 5.37. The van der Waals surface area contributed by atoms with Crippen LogP contribution < -0.4 is 14.9 Å². The van der Waals surface area contributed by atoms with Gasteiger partial charge in [0.2, 0.25) is 0 Å². The molecule has 148 valence electrons. The molecule has 0 radical (unpaired) electrons. The third-order valence-corrected chi connectivity index (χ3v) is 4.60. The number of aromatic nitrogens is 2. The molecule has 2 aromatic carbocycles. The molecule has 0 unspecified atom stereocenters. The van der Waals surface area contributed by atoms with Crippen molar-refractivity contribution < 1.29 is 4.29 Å². The van der Waals surface area contributed by atoms with E-state index < -0.39 is 0 Å². The number of hydrogen-bond donors (Lipinski definition) is 2. The normalized spacial score (nSPS) is 11.1. The lowest BCUT2D eigenvalue weighted by atomic mass is 10.2. The van der Waals surface area contributed by atoms with Gasteiger partial charge in [0.1, 0.15) is 29.3 Å². The number of nitrogens with one attached hydrogen (secondary N) is 2. The van der Waals surface area contributed by atoms with E-state index in [0.29, 0.717) is 12.3 Å². The summed E-state index contributed by atoms with van der Waals surface area (Å²) in [7, 11) is 4.02. The number of hydrogen-bond acceptors (Lipinski definition) is 6. The van der Waals surface area contributed by atoms with Crippen molar-refractivity contribution in [2.24, 2.45) is 0 Å². The molecule has 0 fully saturated rings. The zero-order chi connectivity index (χ0) is 19.8. The fourth-order valence-electron chi connectivity index (χ4n) is 3.06. The van der Waals surface area contributed by atoms with Gasteiger partial charge in [0.15, 0.2) is 0 Å². The SMILES string of the molecule is CNCCCNc1nc(CN(C)Cc2ccc(OCl)cc2)nc2ccccc12. The Morgan fingerprint density at radius 1 is 1.00 bits per heavy atom. The minimum atomic E-state index is 0.639. The van der Waals surface area contributed by atoms with E-state index in [1.807, 2.05) is 49.5 Å². The molecule has 0 aliphatic carbocycles. The predicted octanol–water partition coefficient (Wildman–Crippen LogP) is 3.82. The minimum Gasteiger partial charge on any atom is -0.386 e. The summed E-state index contributed by atoms with van der Waals surface area (Å²) in [5, 5.41) is 7.68. The van der Waals surface area contributed by atoms with Crippen molar-refractivity contribution in [2.75, 3.05) is 32.5 Å². The van der Waals surface area contributed by atoms with Crippen LogP contribution in [0, 0.1) is 0 Å². The van der Waals surface area contributed by atoms with Crippen molar-refractivity contribution in [1.29, 1.82) is 0 Å². The summed E-state index contributed by atoms with van der Waals surface area (Å²) in [6.07, 6.45) is 1.03. The van der Waals surface area contributed by atoms with E-state index in [1.54, 1.807) is 0 Å². The van der Waals surface area contributed by atoms with Crippen LogP contribution in [0.5, 0.6) is 5.75 Å². The number of benzene rings is 2. The fourth-order valence-corrected chi connectivity index (χ4v) is 3.16. The average molecular weight is 400 g/mol. The molecule has 0 aliphatic rings. The van der Waals surface area contributed by atoms with Crippen molar-refractivity contribution in [3.63, 3.8) is 0 Å². The fraction of sp³-hybridized carbons (Fsp3) is 0.333. The van der Waals surface area contributed by atoms with Crippen molar-refractivity contribution in [3.8, 4) is 5.75 Å². The lowest BCUT2D eigenvalue weighted by molar-refractivity contribution is 0.311. The molecule has 0 amide bonds. The number of nitrogens with zero attached hydrogens (tertiary/aromatic N) is 3. The highest BCUT2D eigenvalue weighted by Gasteiger charge is 2.10. The van der Waals surface area contributed by atoms with Gasteiger partial charge >= 0.3 is 0 Å². The first kappa shape index (κ1) is 20.3. The lowest BCUT2D eigenvalue weighted by Gasteiger charge is -2.17. The maximum Gasteiger partial charge on any atom is 0.146 e. The Balaban J connectivity index is 1.72. The van der Waals surface area contributed by atoms with Gasteiger partial charge in [-0.2, -0.15) is 0 Å². The van der Waals surface area contributed by atoms with E-state index in [0.717, 1.165) is 48.6 Å². The Bertz CT molecular complexity index is 888. The molecule has 0 aliphatic heterocycles. The van der Waals surface area contributed by atoms with Gasteiger partial charge < -0.3 is 14.9 Å². The molecule has 0 atom stereocenters. The van der Waals surface area contributed by atoms with Crippen molar-refractivity contribution >= 4 is 28.6 Å². The van der Waals surface area contributed by atoms with E-state index in [9.17, 15) is 0 Å². The second-order valence-corrected chi connectivity index (χ2v) is 6.94. The molecule has 2 N–H and O–H groups in total. The quantitative estimate of drug-likeness (QED) is 0.505. The first-order valence-electron chi connectivity index (χ1n) is 9.40. The molecule has 3 aromatic rings. The molecular formula is C21H26ClN5O. The summed E-state index contributed by atoms with van der Waals surface area (Å²) < 4.78 is 4.70. The Kier molecular flexibility index (Phi) is 7.42. The van der Waals surface area contributed by atoms with Gasteiger partial charge in [0, 0.05) is 18.5 Å². The smallest absolute Gasteiger partial charge is 0.146 e. The first-order chi connectivity index (χ1) is 13.7. The van der Waals surface area contributed by atoms with E-state index in [2.05, 4.69) is 28.6 Å². The van der Waals surface area contributed by atoms with Crippen LogP contribution in [0.2, 0.25) is 0 Å². The molecule has 1 heterocycles. The summed E-state index contributed by atoms with van der Waals surface area (Å²) in [6, 6.07) is 15.8. The zero-order valence-corrected chi connectivity index (χ0v) is 17.0. The van der Waals surface area contributed by atoms with Gasteiger partial charge in [-0.1, -0.05) is 24.3 Å². The Morgan fingerprint density at radius 2 is 1.79 bits per heavy atom. The standard InChI is InChI=1S/C21H26ClN5O/c1-23-12-5-13-24-21-18-6-3-4-7-19(18)25-20(26-21)15-27(2)14-16-8-10-17(28-22)11-9-16/h3-4,6-11,23H,5,12-15H2,1-2H3,(H,24,25,26). The highest BCUT2D eigenvalue weighted by molar-refractivity contribution is 6.09. The average Bonchev–Trinajstić information content (AvgIpc) is 2.71. The zero-order valence-electron chi connectivity index (χ0n) is 16.3. The van der Waals surface area contributed by atoms with Crippen LogP contribution in [-0.2, 0) is 13.1 Å². The van der Waals surface area contributed by atoms with E-state index >= 15 is 0 Å². The van der Waals surface area contributed by atoms with Crippen LogP contribution in [-0.4, -0.2) is 42.1 Å². The molecular weight excluding hydrogens is 374 g/mol. The molecule has 0 saturated heterocycles. The second kappa shape index (κ2) is 10.2. The highest BCUT2D eigenvalue weighted by atomic mass is 35.5. The van der Waals surface area contributed by atoms with Crippen LogP contribution in [0.3, 0.4) is 0 Å². The summed E-state index contributed by atoms with van der Waals surface area (Å²) in [5.74, 6) is 2.34. The third kappa shape index (κ3) is 5.55. The van der Waals surface area contributed by atoms with Gasteiger partial charge in [0.05, 0.1) is 12.1 Å². The van der Waals surface area contributed by atoms with Crippen LogP contribution in [0.15, 0.2) is 48.5 Å². The number of para-hydroxylation sites is 1. The Morgan fingerprint density at radius 3 is 2.54 bits per heavy atom. The van der Waals surface area contributed by atoms with Crippen molar-refractivity contribution in [3.05, 3.63) is 59.9 Å². The van der Waals surface area contributed by atoms with Gasteiger partial charge in [-0.3, -0.25) is 4.90 Å². The van der Waals surface area contributed by atoms with Crippen LogP contribution in [0.25, 0.3) is 10.9 Å². The summed E-state index contributed by atoms with van der Waals surface area (Å²) >= 11 is 5.37. The Hall–Kier alpha value is -2.41. The first-order valence-corrected chi connectivity index (χ1v) is 9.70. The van der Waals surface area contributed by atoms with Gasteiger partial charge in [-0.25, -0.2) is 9.97 Å². The molecule has 0 spiro atoms. The number of fused-ring (bicyclic) bond motifs is 1.